The topological polar surface area (TPSA) is 66.0 Å². The van der Waals surface area contributed by atoms with Crippen LogP contribution in [0.2, 0.25) is 0 Å². The molecule has 0 saturated carbocycles. The zero-order chi connectivity index (χ0) is 14.8. The Morgan fingerprint density at radius 1 is 1.33 bits per heavy atom. The van der Waals surface area contributed by atoms with Crippen molar-refractivity contribution in [2.24, 2.45) is 0 Å². The van der Waals surface area contributed by atoms with Gasteiger partial charge in [-0.3, -0.25) is 0 Å². The summed E-state index contributed by atoms with van der Waals surface area (Å²) in [7, 11) is 0. The second kappa shape index (κ2) is 5.54. The van der Waals surface area contributed by atoms with Crippen molar-refractivity contribution in [1.29, 1.82) is 5.26 Å². The van der Waals surface area contributed by atoms with Crippen molar-refractivity contribution in [1.82, 2.24) is 14.4 Å². The Kier molecular flexibility index (Phi) is 3.59. The lowest BCUT2D eigenvalue weighted by Gasteiger charge is -2.15. The standard InChI is InChI=1S/C15H12BrN5/c1-10(12-4-2-11(8-17)3-5-12)19-14-15-18-6-7-21(15)9-13(16)20-14/h2-7,9-10H,1H3,(H,19,20). The SMILES string of the molecule is CC(Nc1nc(Br)cn2ccnc12)c1ccc(C#N)cc1. The monoisotopic (exact) mass is 341 g/mol. The molecule has 6 heteroatoms. The van der Waals surface area contributed by atoms with Gasteiger partial charge in [0.2, 0.25) is 0 Å². The van der Waals surface area contributed by atoms with Gasteiger partial charge < -0.3 is 9.72 Å². The second-order valence-electron chi connectivity index (χ2n) is 4.67. The highest BCUT2D eigenvalue weighted by Crippen LogP contribution is 2.22. The average molecular weight is 342 g/mol. The molecule has 0 saturated heterocycles. The number of hydrogen-bond acceptors (Lipinski definition) is 4. The molecule has 1 N–H and O–H groups in total. The minimum Gasteiger partial charge on any atom is -0.360 e. The molecule has 2 heterocycles. The first-order chi connectivity index (χ1) is 10.2. The van der Waals surface area contributed by atoms with Crippen molar-refractivity contribution in [3.05, 3.63) is 58.6 Å². The Morgan fingerprint density at radius 3 is 2.81 bits per heavy atom. The summed E-state index contributed by atoms with van der Waals surface area (Å²) in [6, 6.07) is 9.68. The van der Waals surface area contributed by atoms with Crippen LogP contribution in [0.1, 0.15) is 24.1 Å². The van der Waals surface area contributed by atoms with Gasteiger partial charge in [0.15, 0.2) is 11.5 Å². The van der Waals surface area contributed by atoms with Crippen molar-refractivity contribution in [2.75, 3.05) is 5.32 Å². The Balaban J connectivity index is 1.90. The largest absolute Gasteiger partial charge is 0.360 e. The van der Waals surface area contributed by atoms with E-state index in [2.05, 4.69) is 37.3 Å². The molecule has 2 aromatic heterocycles. The van der Waals surface area contributed by atoms with Crippen LogP contribution in [0.4, 0.5) is 5.82 Å². The van der Waals surface area contributed by atoms with Gasteiger partial charge in [-0.1, -0.05) is 12.1 Å². The molecule has 0 fully saturated rings. The predicted molar refractivity (Wildman–Crippen MR) is 83.9 cm³/mol. The van der Waals surface area contributed by atoms with Crippen LogP contribution in [-0.2, 0) is 0 Å². The lowest BCUT2D eigenvalue weighted by atomic mass is 10.1. The molecule has 104 valence electrons. The molecule has 1 atom stereocenters. The Labute approximate surface area is 130 Å². The second-order valence-corrected chi connectivity index (χ2v) is 5.48. The smallest absolute Gasteiger partial charge is 0.180 e. The van der Waals surface area contributed by atoms with Crippen LogP contribution in [0.25, 0.3) is 5.65 Å². The maximum absolute atomic E-state index is 8.84. The highest BCUT2D eigenvalue weighted by Gasteiger charge is 2.11. The summed E-state index contributed by atoms with van der Waals surface area (Å²) in [5.74, 6) is 0.714. The molecule has 1 unspecified atom stereocenters. The Morgan fingerprint density at radius 2 is 2.10 bits per heavy atom. The minimum absolute atomic E-state index is 0.0556. The fraction of sp³-hybridized carbons (Fsp3) is 0.133. The highest BCUT2D eigenvalue weighted by molar-refractivity contribution is 9.10. The van der Waals surface area contributed by atoms with E-state index in [4.69, 9.17) is 5.26 Å². The molecular formula is C15H12BrN5. The third-order valence-electron chi connectivity index (χ3n) is 3.24. The zero-order valence-corrected chi connectivity index (χ0v) is 12.9. The summed E-state index contributed by atoms with van der Waals surface area (Å²) in [6.07, 6.45) is 5.47. The van der Waals surface area contributed by atoms with Gasteiger partial charge in [0.25, 0.3) is 0 Å². The molecule has 0 amide bonds. The fourth-order valence-electron chi connectivity index (χ4n) is 2.13. The van der Waals surface area contributed by atoms with E-state index < -0.39 is 0 Å². The first-order valence-electron chi connectivity index (χ1n) is 6.43. The number of nitrogens with zero attached hydrogens (tertiary/aromatic N) is 4. The average Bonchev–Trinajstić information content (AvgIpc) is 2.95. The van der Waals surface area contributed by atoms with E-state index in [0.29, 0.717) is 11.4 Å². The summed E-state index contributed by atoms with van der Waals surface area (Å²) in [5, 5.41) is 12.2. The van der Waals surface area contributed by atoms with E-state index in [1.54, 1.807) is 6.20 Å². The molecule has 3 aromatic rings. The number of nitrogens with one attached hydrogen (secondary N) is 1. The van der Waals surface area contributed by atoms with Crippen molar-refractivity contribution >= 4 is 27.4 Å². The number of rotatable bonds is 3. The molecule has 3 rings (SSSR count). The van der Waals surface area contributed by atoms with Crippen molar-refractivity contribution in [2.45, 2.75) is 13.0 Å². The van der Waals surface area contributed by atoms with E-state index in [1.165, 1.54) is 0 Å². The summed E-state index contributed by atoms with van der Waals surface area (Å²) < 4.78 is 2.65. The van der Waals surface area contributed by atoms with Crippen molar-refractivity contribution < 1.29 is 0 Å². The summed E-state index contributed by atoms with van der Waals surface area (Å²) >= 11 is 3.40. The molecule has 5 nitrogen and oxygen atoms in total. The molecule has 0 aliphatic rings. The number of nitriles is 1. The van der Waals surface area contributed by atoms with Gasteiger partial charge in [-0.25, -0.2) is 9.97 Å². The van der Waals surface area contributed by atoms with E-state index in [-0.39, 0.29) is 6.04 Å². The zero-order valence-electron chi connectivity index (χ0n) is 11.3. The third-order valence-corrected chi connectivity index (χ3v) is 3.62. The first-order valence-corrected chi connectivity index (χ1v) is 7.22. The maximum Gasteiger partial charge on any atom is 0.180 e. The van der Waals surface area contributed by atoms with Gasteiger partial charge in [-0.2, -0.15) is 5.26 Å². The highest BCUT2D eigenvalue weighted by atomic mass is 79.9. The van der Waals surface area contributed by atoms with Gasteiger partial charge in [0, 0.05) is 18.6 Å². The maximum atomic E-state index is 8.84. The van der Waals surface area contributed by atoms with Gasteiger partial charge in [-0.15, -0.1) is 0 Å². The number of hydrogen-bond donors (Lipinski definition) is 1. The predicted octanol–water partition coefficient (Wildman–Crippen LogP) is 3.54. The molecule has 0 aliphatic carbocycles. The van der Waals surface area contributed by atoms with Crippen LogP contribution in [0.3, 0.4) is 0 Å². The number of anilines is 1. The van der Waals surface area contributed by atoms with Gasteiger partial charge in [-0.05, 0) is 40.5 Å². The van der Waals surface area contributed by atoms with Crippen LogP contribution in [0, 0.1) is 11.3 Å². The Hall–Kier alpha value is -2.39. The molecule has 1 aromatic carbocycles. The number of aromatic nitrogens is 3. The quantitative estimate of drug-likeness (QED) is 0.791. The number of imidazole rings is 1. The molecule has 21 heavy (non-hydrogen) atoms. The van der Waals surface area contributed by atoms with Crippen LogP contribution >= 0.6 is 15.9 Å². The van der Waals surface area contributed by atoms with Crippen LogP contribution in [0.15, 0.2) is 47.5 Å². The normalized spacial score (nSPS) is 12.0. The molecule has 0 spiro atoms. The summed E-state index contributed by atoms with van der Waals surface area (Å²) in [6.45, 7) is 2.05. The minimum atomic E-state index is 0.0556. The van der Waals surface area contributed by atoms with E-state index >= 15 is 0 Å². The molecular weight excluding hydrogens is 330 g/mol. The van der Waals surface area contributed by atoms with Crippen LogP contribution in [0.5, 0.6) is 0 Å². The van der Waals surface area contributed by atoms with Crippen LogP contribution < -0.4 is 5.32 Å². The summed E-state index contributed by atoms with van der Waals surface area (Å²) in [4.78, 5) is 8.75. The molecule has 0 radical (unpaired) electrons. The van der Waals surface area contributed by atoms with E-state index in [0.717, 1.165) is 15.8 Å². The van der Waals surface area contributed by atoms with Gasteiger partial charge in [0.05, 0.1) is 17.7 Å². The molecule has 0 aliphatic heterocycles. The molecule has 0 bridgehead atoms. The van der Waals surface area contributed by atoms with Crippen molar-refractivity contribution in [3.8, 4) is 6.07 Å². The third kappa shape index (κ3) is 2.73. The number of fused-ring (bicyclic) bond motifs is 1. The lowest BCUT2D eigenvalue weighted by molar-refractivity contribution is 0.870. The van der Waals surface area contributed by atoms with Crippen LogP contribution in [-0.4, -0.2) is 14.4 Å². The number of benzene rings is 1. The van der Waals surface area contributed by atoms with E-state index in [9.17, 15) is 0 Å². The van der Waals surface area contributed by atoms with Gasteiger partial charge in [0.1, 0.15) is 4.60 Å². The first kappa shape index (κ1) is 13.6. The van der Waals surface area contributed by atoms with Crippen molar-refractivity contribution in [3.63, 3.8) is 0 Å². The lowest BCUT2D eigenvalue weighted by Crippen LogP contribution is -2.09. The van der Waals surface area contributed by atoms with E-state index in [1.807, 2.05) is 48.0 Å². The van der Waals surface area contributed by atoms with Gasteiger partial charge >= 0.3 is 0 Å². The number of halogens is 1. The summed E-state index contributed by atoms with van der Waals surface area (Å²) in [5.41, 5.74) is 2.52. The Bertz CT molecular complexity index is 816. The fourth-order valence-corrected chi connectivity index (χ4v) is 2.53.